The number of esters is 1. The summed E-state index contributed by atoms with van der Waals surface area (Å²) in [6.07, 6.45) is 12.7. The molecule has 13 heteroatoms. The maximum Gasteiger partial charge on any atom is 2.00 e. The Balaban J connectivity index is 0.00000645. The van der Waals surface area contributed by atoms with Gasteiger partial charge in [-0.2, -0.15) is 0 Å². The van der Waals surface area contributed by atoms with Crippen LogP contribution in [0.15, 0.2) is 176 Å². The molecule has 10 aromatic rings. The number of carbonyl (C=O) groups is 2. The average molecular weight is 1130 g/mol. The number of nitrogens with one attached hydrogen (secondary N) is 3. The summed E-state index contributed by atoms with van der Waals surface area (Å²) in [7, 11) is 1.38. The Kier molecular flexibility index (Phi) is 13.5. The van der Waals surface area contributed by atoms with E-state index in [0.29, 0.717) is 17.7 Å². The van der Waals surface area contributed by atoms with Crippen molar-refractivity contribution >= 4 is 92.5 Å². The smallest absolute Gasteiger partial charge is 0.658 e. The number of methoxy groups -OCH3 is 1. The predicted octanol–water partition coefficient (Wildman–Crippen LogP) is 14.6. The van der Waals surface area contributed by atoms with E-state index in [4.69, 9.17) is 34.6 Å². The Morgan fingerprint density at radius 2 is 1.10 bits per heavy atom. The number of aromatic nitrogens is 8. The fraction of sp³-hybridized carbons (Fsp3) is 0.0857. The fourth-order valence-electron chi connectivity index (χ4n) is 11.2. The van der Waals surface area contributed by atoms with Gasteiger partial charge in [-0.1, -0.05) is 135 Å². The van der Waals surface area contributed by atoms with Crippen LogP contribution in [0.3, 0.4) is 0 Å². The van der Waals surface area contributed by atoms with Crippen LogP contribution in [0.25, 0.3) is 125 Å². The number of ether oxygens (including phenoxy) is 1. The van der Waals surface area contributed by atoms with Crippen LogP contribution < -0.4 is 15.3 Å². The second kappa shape index (κ2) is 21.4. The number of rotatable bonds is 8. The molecule has 16 bridgehead atoms. The molecule has 0 saturated carbocycles. The van der Waals surface area contributed by atoms with Gasteiger partial charge in [0.15, 0.2) is 0 Å². The first-order valence-corrected chi connectivity index (χ1v) is 27.2. The number of aromatic amines is 2. The predicted molar refractivity (Wildman–Crippen MR) is 328 cm³/mol. The van der Waals surface area contributed by atoms with Gasteiger partial charge in [0.25, 0.3) is 5.91 Å². The molecule has 14 rings (SSSR count). The number of H-pyrrole nitrogens is 2. The Bertz CT molecular complexity index is 4700. The summed E-state index contributed by atoms with van der Waals surface area (Å²) in [5.74, 6) is -0.603. The van der Waals surface area contributed by atoms with E-state index in [0.717, 1.165) is 146 Å². The monoisotopic (exact) mass is 1130 g/mol. The van der Waals surface area contributed by atoms with Crippen LogP contribution in [0.4, 0.5) is 0 Å². The van der Waals surface area contributed by atoms with Gasteiger partial charge in [-0.05, 0) is 124 Å². The number of nitrogens with zero attached hydrogens (tertiary/aromatic N) is 6. The standard InChI is InChI=1S/C70H53N9O3.Zn/c1-70(2)39-56-36-63-58(38-64(79-63)67(45-15-19-47(20-16-45)69(81)82-3)61-30-27-54(76-61)35-62-57(42-7-5-4-6-8-42)34-55(77-62)37-65(70)78-56)43-11-9-41(10-12-43)40-71-68(80)46-17-13-44(14-18-46)66-59-28-25-52(74-59)32-50-23-21-48(72-50)31-49-22-24-51(73-49)33-53-26-29-60(66)75-53;/h4-38H,39-40H2,1-3H3,(H5,71,72,73,74,75,76,77,78,79,80,81);/q;+2/p-2. The minimum atomic E-state index is -0.409. The molecule has 0 spiro atoms. The van der Waals surface area contributed by atoms with Gasteiger partial charge >= 0.3 is 25.4 Å². The van der Waals surface area contributed by atoms with Gasteiger partial charge in [0, 0.05) is 74.1 Å². The second-order valence-corrected chi connectivity index (χ2v) is 21.5. The largest absolute Gasteiger partial charge is 2.00 e. The van der Waals surface area contributed by atoms with E-state index in [1.807, 2.05) is 121 Å². The Labute approximate surface area is 490 Å². The summed E-state index contributed by atoms with van der Waals surface area (Å²) < 4.78 is 5.06. The molecule has 1 amide bonds. The maximum atomic E-state index is 13.9. The summed E-state index contributed by atoms with van der Waals surface area (Å²) in [6, 6.07) is 58.3. The molecule has 12 nitrogen and oxygen atoms in total. The molecule has 0 saturated heterocycles. The Morgan fingerprint density at radius 3 is 1.80 bits per heavy atom. The first-order chi connectivity index (χ1) is 40.0. The molecule has 4 aromatic carbocycles. The zero-order valence-corrected chi connectivity index (χ0v) is 48.7. The van der Waals surface area contributed by atoms with E-state index in [1.54, 1.807) is 12.1 Å². The quantitative estimate of drug-likeness (QED) is 0.0991. The van der Waals surface area contributed by atoms with Gasteiger partial charge in [-0.15, -0.1) is 22.1 Å². The molecule has 4 aliphatic heterocycles. The molecule has 0 atom stereocenters. The van der Waals surface area contributed by atoms with Gasteiger partial charge < -0.3 is 30.0 Å². The zero-order valence-electron chi connectivity index (χ0n) is 45.7. The number of amides is 1. The third-order valence-corrected chi connectivity index (χ3v) is 15.3. The zero-order chi connectivity index (χ0) is 55.5. The molecule has 10 heterocycles. The molecular weight excluding hydrogens is 1080 g/mol. The van der Waals surface area contributed by atoms with Crippen molar-refractivity contribution in [3.8, 4) is 44.5 Å². The van der Waals surface area contributed by atoms with Crippen LogP contribution >= 0.6 is 0 Å². The number of fused-ring (bicyclic) bond motifs is 16. The van der Waals surface area contributed by atoms with Crippen LogP contribution in [-0.2, 0) is 42.6 Å². The SMILES string of the molecule is COC(=O)c1ccc(-c2c3nc(cc4[nH]c(cc5nc(cc6[nH]c2cc6-c2ccc(CNC(=O)c6ccc(-c7c8nc(cc9ccc(cc%10nc(cc%11ccc7[n-]%11)C=C%10)[n-]9)C=C8)cc6)cc2)CC5(C)C)cc4-c2ccccc2)C=C3)cc1.[Zn+2]. The molecule has 0 fully saturated rings. The van der Waals surface area contributed by atoms with E-state index in [-0.39, 0.29) is 30.8 Å². The summed E-state index contributed by atoms with van der Waals surface area (Å²) >= 11 is 0. The fourth-order valence-corrected chi connectivity index (χ4v) is 11.2. The van der Waals surface area contributed by atoms with Crippen molar-refractivity contribution in [2.45, 2.75) is 32.2 Å². The first-order valence-electron chi connectivity index (χ1n) is 27.2. The summed E-state index contributed by atoms with van der Waals surface area (Å²) in [4.78, 5) is 64.1. The minimum absolute atomic E-state index is 0. The van der Waals surface area contributed by atoms with Crippen LogP contribution in [-0.4, -0.2) is 48.9 Å². The molecule has 0 aliphatic carbocycles. The molecule has 0 radical (unpaired) electrons. The van der Waals surface area contributed by atoms with E-state index in [1.165, 1.54) is 7.11 Å². The molecule has 396 valence electrons. The number of hydrogen-bond donors (Lipinski definition) is 3. The number of carbonyl (C=O) groups excluding carboxylic acids is 2. The van der Waals surface area contributed by atoms with Crippen LogP contribution in [0.5, 0.6) is 0 Å². The van der Waals surface area contributed by atoms with Crippen molar-refractivity contribution in [3.05, 3.63) is 238 Å². The average Bonchev–Trinajstić information content (AvgIpc) is 4.56. The summed E-state index contributed by atoms with van der Waals surface area (Å²) in [5.41, 5.74) is 22.7. The van der Waals surface area contributed by atoms with Crippen molar-refractivity contribution in [2.24, 2.45) is 0 Å². The van der Waals surface area contributed by atoms with Gasteiger partial charge in [-0.3, -0.25) is 9.78 Å². The van der Waals surface area contributed by atoms with E-state index in [2.05, 4.69) is 108 Å². The number of hydrogen-bond acceptors (Lipinski definition) is 7. The Morgan fingerprint density at radius 1 is 0.530 bits per heavy atom. The first kappa shape index (κ1) is 52.3. The Hall–Kier alpha value is -10.1. The third-order valence-electron chi connectivity index (χ3n) is 15.3. The summed E-state index contributed by atoms with van der Waals surface area (Å²) in [5, 5.41) is 3.15. The normalized spacial score (nSPS) is 13.0. The molecule has 0 unspecified atom stereocenters. The molecule has 3 N–H and O–H groups in total. The van der Waals surface area contributed by atoms with Gasteiger partial charge in [0.1, 0.15) is 0 Å². The van der Waals surface area contributed by atoms with Crippen LogP contribution in [0.2, 0.25) is 0 Å². The molecular formula is C70H51N9O3Zn. The number of benzene rings is 4. The topological polar surface area (TPSA) is 167 Å². The van der Waals surface area contributed by atoms with E-state index < -0.39 is 5.97 Å². The van der Waals surface area contributed by atoms with Crippen molar-refractivity contribution in [1.82, 2.24) is 45.2 Å². The third kappa shape index (κ3) is 10.5. The second-order valence-electron chi connectivity index (χ2n) is 21.5. The van der Waals surface area contributed by atoms with Crippen molar-refractivity contribution in [2.75, 3.05) is 7.11 Å². The maximum absolute atomic E-state index is 13.9. The minimum Gasteiger partial charge on any atom is -0.658 e. The van der Waals surface area contributed by atoms with Crippen molar-refractivity contribution in [1.29, 1.82) is 0 Å². The molecule has 83 heavy (non-hydrogen) atoms. The van der Waals surface area contributed by atoms with Crippen LogP contribution in [0, 0.1) is 0 Å². The van der Waals surface area contributed by atoms with Gasteiger partial charge in [-0.25, -0.2) is 19.7 Å². The molecule has 4 aliphatic rings. The van der Waals surface area contributed by atoms with E-state index >= 15 is 0 Å². The molecule has 6 aromatic heterocycles. The summed E-state index contributed by atoms with van der Waals surface area (Å²) in [6.45, 7) is 4.79. The van der Waals surface area contributed by atoms with Gasteiger partial charge in [0.05, 0.1) is 46.8 Å². The van der Waals surface area contributed by atoms with Crippen LogP contribution in [0.1, 0.15) is 85.7 Å². The van der Waals surface area contributed by atoms with E-state index in [9.17, 15) is 9.59 Å². The van der Waals surface area contributed by atoms with Gasteiger partial charge in [0.2, 0.25) is 0 Å². The van der Waals surface area contributed by atoms with Crippen molar-refractivity contribution < 1.29 is 33.8 Å². The van der Waals surface area contributed by atoms with Crippen molar-refractivity contribution in [3.63, 3.8) is 0 Å².